The second-order valence-electron chi connectivity index (χ2n) is 7.59. The van der Waals surface area contributed by atoms with E-state index in [4.69, 9.17) is 9.47 Å². The van der Waals surface area contributed by atoms with Crippen molar-refractivity contribution in [3.63, 3.8) is 0 Å². The molecule has 0 spiro atoms. The zero-order chi connectivity index (χ0) is 24.6. The molecular weight excluding hydrogens is 444 g/mol. The third kappa shape index (κ3) is 5.72. The molecule has 0 aromatic heterocycles. The number of ether oxygens (including phenoxy) is 2. The van der Waals surface area contributed by atoms with Crippen molar-refractivity contribution in [1.29, 1.82) is 0 Å². The number of rotatable bonds is 8. The number of aliphatic hydroxyl groups is 1. The van der Waals surface area contributed by atoms with E-state index in [-0.39, 0.29) is 5.75 Å². The molecule has 0 fully saturated rings. The molecule has 1 amide bonds. The third-order valence-electron chi connectivity index (χ3n) is 5.27. The molecule has 0 saturated heterocycles. The number of aliphatic hydroxyl groups excluding tert-OH is 1. The van der Waals surface area contributed by atoms with Gasteiger partial charge in [-0.15, -0.1) is 0 Å². The molecular formula is C28H24N2O5. The Morgan fingerprint density at radius 3 is 2.40 bits per heavy atom. The highest BCUT2D eigenvalue weighted by atomic mass is 16.5. The lowest BCUT2D eigenvalue weighted by atomic mass is 10.0. The van der Waals surface area contributed by atoms with E-state index in [0.717, 1.165) is 10.8 Å². The largest absolute Gasteiger partial charge is 0.494 e. The normalized spacial score (nSPS) is 11.8. The van der Waals surface area contributed by atoms with Crippen LogP contribution in [0, 0.1) is 0 Å². The van der Waals surface area contributed by atoms with Crippen molar-refractivity contribution in [1.82, 2.24) is 5.43 Å². The summed E-state index contributed by atoms with van der Waals surface area (Å²) in [4.78, 5) is 25.1. The van der Waals surface area contributed by atoms with Crippen LogP contribution in [0.3, 0.4) is 0 Å². The molecule has 4 rings (SSSR count). The van der Waals surface area contributed by atoms with Gasteiger partial charge in [-0.2, -0.15) is 5.10 Å². The van der Waals surface area contributed by atoms with Crippen LogP contribution in [0.25, 0.3) is 10.8 Å². The molecule has 35 heavy (non-hydrogen) atoms. The standard InChI is InChI=1S/C28H24N2O5/c1-2-34-22-15-12-21(13-16-22)28(33)35-25-17-14-19-8-6-7-11-23(19)24(25)18-29-30-27(32)26(31)20-9-4-3-5-10-20/h3-18,26,31H,2H2,1H3,(H,30,32)/b29-18-/t26-/m1/s1. The van der Waals surface area contributed by atoms with Gasteiger partial charge in [0.05, 0.1) is 18.4 Å². The minimum atomic E-state index is -1.36. The first-order valence-electron chi connectivity index (χ1n) is 11.1. The van der Waals surface area contributed by atoms with Crippen LogP contribution in [0.5, 0.6) is 11.5 Å². The van der Waals surface area contributed by atoms with Gasteiger partial charge in [0, 0.05) is 5.56 Å². The Kier molecular flexibility index (Phi) is 7.50. The summed E-state index contributed by atoms with van der Waals surface area (Å²) in [5.74, 6) is -0.276. The van der Waals surface area contributed by atoms with Crippen molar-refractivity contribution < 1.29 is 24.2 Å². The van der Waals surface area contributed by atoms with E-state index in [1.807, 2.05) is 37.3 Å². The third-order valence-corrected chi connectivity index (χ3v) is 5.27. The lowest BCUT2D eigenvalue weighted by Gasteiger charge is -2.11. The number of amides is 1. The molecule has 7 nitrogen and oxygen atoms in total. The summed E-state index contributed by atoms with van der Waals surface area (Å²) in [7, 11) is 0. The molecule has 176 valence electrons. The predicted octanol–water partition coefficient (Wildman–Crippen LogP) is 4.64. The molecule has 0 aliphatic rings. The fourth-order valence-corrected chi connectivity index (χ4v) is 3.52. The number of fused-ring (bicyclic) bond motifs is 1. The van der Waals surface area contributed by atoms with Gasteiger partial charge < -0.3 is 14.6 Å². The van der Waals surface area contributed by atoms with E-state index in [0.29, 0.717) is 29.0 Å². The van der Waals surface area contributed by atoms with Gasteiger partial charge in [-0.25, -0.2) is 10.2 Å². The van der Waals surface area contributed by atoms with Crippen molar-refractivity contribution >= 4 is 28.9 Å². The van der Waals surface area contributed by atoms with Gasteiger partial charge in [0.1, 0.15) is 11.5 Å². The smallest absolute Gasteiger partial charge is 0.343 e. The Bertz CT molecular complexity index is 1350. The number of carbonyl (C=O) groups is 2. The summed E-state index contributed by atoms with van der Waals surface area (Å²) in [5, 5.41) is 16.0. The second kappa shape index (κ2) is 11.1. The minimum absolute atomic E-state index is 0.282. The molecule has 1 atom stereocenters. The van der Waals surface area contributed by atoms with E-state index in [9.17, 15) is 14.7 Å². The quantitative estimate of drug-likeness (QED) is 0.170. The fraction of sp³-hybridized carbons (Fsp3) is 0.107. The number of benzene rings is 4. The Balaban J connectivity index is 1.56. The van der Waals surface area contributed by atoms with E-state index in [2.05, 4.69) is 10.5 Å². The van der Waals surface area contributed by atoms with Gasteiger partial charge in [0.15, 0.2) is 6.10 Å². The first kappa shape index (κ1) is 23.7. The van der Waals surface area contributed by atoms with Crippen LogP contribution in [0.2, 0.25) is 0 Å². The first-order chi connectivity index (χ1) is 17.1. The van der Waals surface area contributed by atoms with Crippen LogP contribution in [0.4, 0.5) is 0 Å². The zero-order valence-electron chi connectivity index (χ0n) is 19.0. The maximum Gasteiger partial charge on any atom is 0.343 e. The minimum Gasteiger partial charge on any atom is -0.494 e. The topological polar surface area (TPSA) is 97.2 Å². The highest BCUT2D eigenvalue weighted by molar-refractivity contribution is 6.04. The number of nitrogens with zero attached hydrogens (tertiary/aromatic N) is 1. The van der Waals surface area contributed by atoms with E-state index in [1.54, 1.807) is 60.7 Å². The van der Waals surface area contributed by atoms with Gasteiger partial charge in [-0.1, -0.05) is 60.7 Å². The number of carbonyl (C=O) groups excluding carboxylic acids is 2. The van der Waals surface area contributed by atoms with Gasteiger partial charge in [-0.3, -0.25) is 4.79 Å². The van der Waals surface area contributed by atoms with Crippen LogP contribution in [-0.2, 0) is 4.79 Å². The number of esters is 1. The van der Waals surface area contributed by atoms with Crippen molar-refractivity contribution in [2.75, 3.05) is 6.61 Å². The van der Waals surface area contributed by atoms with E-state index < -0.39 is 18.0 Å². The van der Waals surface area contributed by atoms with Crippen LogP contribution < -0.4 is 14.9 Å². The van der Waals surface area contributed by atoms with Crippen LogP contribution in [0.15, 0.2) is 96.1 Å². The van der Waals surface area contributed by atoms with Crippen LogP contribution >= 0.6 is 0 Å². The first-order valence-corrected chi connectivity index (χ1v) is 11.1. The fourth-order valence-electron chi connectivity index (χ4n) is 3.52. The Labute approximate surface area is 202 Å². The van der Waals surface area contributed by atoms with Gasteiger partial charge in [-0.05, 0) is 53.6 Å². The summed E-state index contributed by atoms with van der Waals surface area (Å²) < 4.78 is 11.1. The summed E-state index contributed by atoms with van der Waals surface area (Å²) in [5.41, 5.74) is 3.68. The zero-order valence-corrected chi connectivity index (χ0v) is 19.0. The molecule has 0 radical (unpaired) electrons. The number of hydrogen-bond donors (Lipinski definition) is 2. The Morgan fingerprint density at radius 1 is 0.943 bits per heavy atom. The molecule has 2 N–H and O–H groups in total. The van der Waals surface area contributed by atoms with Crippen molar-refractivity contribution in [2.24, 2.45) is 5.10 Å². The predicted molar refractivity (Wildman–Crippen MR) is 134 cm³/mol. The summed E-state index contributed by atoms with van der Waals surface area (Å²) in [6.07, 6.45) is 0.0384. The Hall–Kier alpha value is -4.49. The molecule has 0 heterocycles. The lowest BCUT2D eigenvalue weighted by Crippen LogP contribution is -2.25. The van der Waals surface area contributed by atoms with Crippen LogP contribution in [0.1, 0.15) is 34.5 Å². The van der Waals surface area contributed by atoms with Crippen molar-refractivity contribution in [3.05, 3.63) is 108 Å². The molecule has 0 unspecified atom stereocenters. The molecule has 0 bridgehead atoms. The number of hydrazone groups is 1. The summed E-state index contributed by atoms with van der Waals surface area (Å²) in [6.45, 7) is 2.41. The maximum absolute atomic E-state index is 12.8. The van der Waals surface area contributed by atoms with E-state index >= 15 is 0 Å². The van der Waals surface area contributed by atoms with Gasteiger partial charge in [0.2, 0.25) is 0 Å². The lowest BCUT2D eigenvalue weighted by molar-refractivity contribution is -0.129. The Morgan fingerprint density at radius 2 is 1.66 bits per heavy atom. The summed E-state index contributed by atoms with van der Waals surface area (Å²) in [6, 6.07) is 26.3. The average Bonchev–Trinajstić information content (AvgIpc) is 2.90. The van der Waals surface area contributed by atoms with Gasteiger partial charge in [0.25, 0.3) is 5.91 Å². The van der Waals surface area contributed by atoms with Crippen molar-refractivity contribution in [2.45, 2.75) is 13.0 Å². The maximum atomic E-state index is 12.8. The molecule has 0 aliphatic carbocycles. The van der Waals surface area contributed by atoms with Crippen molar-refractivity contribution in [3.8, 4) is 11.5 Å². The number of hydrogen-bond acceptors (Lipinski definition) is 6. The monoisotopic (exact) mass is 468 g/mol. The molecule has 0 saturated carbocycles. The molecule has 4 aromatic carbocycles. The number of nitrogens with one attached hydrogen (secondary N) is 1. The summed E-state index contributed by atoms with van der Waals surface area (Å²) >= 11 is 0. The SMILES string of the molecule is CCOc1ccc(C(=O)Oc2ccc3ccccc3c2/C=N\NC(=O)[C@H](O)c2ccccc2)cc1. The molecule has 0 aliphatic heterocycles. The van der Waals surface area contributed by atoms with Gasteiger partial charge >= 0.3 is 5.97 Å². The highest BCUT2D eigenvalue weighted by Gasteiger charge is 2.17. The highest BCUT2D eigenvalue weighted by Crippen LogP contribution is 2.27. The van der Waals surface area contributed by atoms with E-state index in [1.165, 1.54) is 6.21 Å². The molecule has 7 heteroatoms. The molecule has 4 aromatic rings. The van der Waals surface area contributed by atoms with Crippen LogP contribution in [-0.4, -0.2) is 29.8 Å². The second-order valence-corrected chi connectivity index (χ2v) is 7.59. The average molecular weight is 469 g/mol.